The number of likely N-dealkylation sites (tertiary alicyclic amines) is 1. The van der Waals surface area contributed by atoms with Crippen LogP contribution in [-0.4, -0.2) is 65.3 Å². The maximum Gasteiger partial charge on any atom is 0.165 e. The fourth-order valence-corrected chi connectivity index (χ4v) is 3.91. The van der Waals surface area contributed by atoms with Crippen LogP contribution in [-0.2, 0) is 13.0 Å². The van der Waals surface area contributed by atoms with Gasteiger partial charge in [-0.3, -0.25) is 4.90 Å². The van der Waals surface area contributed by atoms with E-state index in [0.717, 1.165) is 11.1 Å². The van der Waals surface area contributed by atoms with E-state index < -0.39 is 18.2 Å². The number of nitrogens with zero attached hydrogens (tertiary/aromatic N) is 1. The van der Waals surface area contributed by atoms with Crippen LogP contribution in [0.4, 0.5) is 0 Å². The molecule has 0 spiro atoms. The first kappa shape index (κ1) is 19.6. The van der Waals surface area contributed by atoms with Gasteiger partial charge in [-0.05, 0) is 18.1 Å². The third kappa shape index (κ3) is 3.94. The molecule has 0 aromatic heterocycles. The Morgan fingerprint density at radius 3 is 2.22 bits per heavy atom. The second kappa shape index (κ2) is 8.71. The molecule has 0 unspecified atom stereocenters. The number of rotatable bonds is 7. The molecule has 1 aliphatic heterocycles. The van der Waals surface area contributed by atoms with Crippen LogP contribution in [0.3, 0.4) is 0 Å². The first-order valence-electron chi connectivity index (χ1n) is 9.07. The molecule has 3 N–H and O–H groups in total. The quantitative estimate of drug-likeness (QED) is 0.677. The minimum absolute atomic E-state index is 0.240. The van der Waals surface area contributed by atoms with Gasteiger partial charge >= 0.3 is 0 Å². The lowest BCUT2D eigenvalue weighted by atomic mass is 10.0. The van der Waals surface area contributed by atoms with Crippen molar-refractivity contribution >= 4 is 0 Å². The van der Waals surface area contributed by atoms with Crippen LogP contribution >= 0.6 is 0 Å². The zero-order valence-electron chi connectivity index (χ0n) is 15.7. The lowest BCUT2D eigenvalue weighted by Gasteiger charge is -2.30. The second-order valence-electron chi connectivity index (χ2n) is 6.81. The van der Waals surface area contributed by atoms with E-state index in [9.17, 15) is 15.3 Å². The van der Waals surface area contributed by atoms with Crippen molar-refractivity contribution in [3.05, 3.63) is 59.7 Å². The van der Waals surface area contributed by atoms with E-state index in [1.54, 1.807) is 14.2 Å². The van der Waals surface area contributed by atoms with Crippen LogP contribution in [0.25, 0.3) is 0 Å². The van der Waals surface area contributed by atoms with Crippen molar-refractivity contribution in [3.8, 4) is 11.5 Å². The van der Waals surface area contributed by atoms with Crippen LogP contribution in [0, 0.1) is 0 Å². The minimum atomic E-state index is -1.01. The molecule has 27 heavy (non-hydrogen) atoms. The lowest BCUT2D eigenvalue weighted by molar-refractivity contribution is 0.0178. The van der Waals surface area contributed by atoms with Crippen molar-refractivity contribution in [1.82, 2.24) is 4.90 Å². The Hall–Kier alpha value is -2.12. The van der Waals surface area contributed by atoms with Gasteiger partial charge in [0.05, 0.1) is 39.1 Å². The molecule has 6 nitrogen and oxygen atoms in total. The molecule has 0 saturated carbocycles. The Labute approximate surface area is 159 Å². The third-order valence-electron chi connectivity index (χ3n) is 5.30. The van der Waals surface area contributed by atoms with Gasteiger partial charge in [-0.15, -0.1) is 0 Å². The molecule has 4 atom stereocenters. The average Bonchev–Trinajstić information content (AvgIpc) is 2.92. The van der Waals surface area contributed by atoms with Crippen molar-refractivity contribution in [3.63, 3.8) is 0 Å². The molecule has 146 valence electrons. The van der Waals surface area contributed by atoms with Gasteiger partial charge in [0.1, 0.15) is 0 Å². The molecule has 0 amide bonds. The van der Waals surface area contributed by atoms with E-state index in [2.05, 4.69) is 0 Å². The second-order valence-corrected chi connectivity index (χ2v) is 6.81. The number of hydrogen-bond acceptors (Lipinski definition) is 6. The largest absolute Gasteiger partial charge is 0.493 e. The molecule has 2 aromatic rings. The van der Waals surface area contributed by atoms with Crippen molar-refractivity contribution in [2.24, 2.45) is 0 Å². The zero-order chi connectivity index (χ0) is 19.4. The van der Waals surface area contributed by atoms with Gasteiger partial charge < -0.3 is 24.8 Å². The average molecular weight is 373 g/mol. The number of aliphatic hydroxyl groups is 3. The van der Waals surface area contributed by atoms with Gasteiger partial charge in [-0.2, -0.15) is 0 Å². The monoisotopic (exact) mass is 373 g/mol. The highest BCUT2D eigenvalue weighted by Crippen LogP contribution is 2.35. The van der Waals surface area contributed by atoms with Crippen LogP contribution in [0.2, 0.25) is 0 Å². The number of aliphatic hydroxyl groups excluding tert-OH is 3. The fourth-order valence-electron chi connectivity index (χ4n) is 3.91. The highest BCUT2D eigenvalue weighted by Gasteiger charge is 2.47. The molecular weight excluding hydrogens is 346 g/mol. The molecule has 6 heteroatoms. The van der Waals surface area contributed by atoms with Gasteiger partial charge in [0, 0.05) is 18.2 Å². The standard InChI is InChI=1S/C21H27NO5/c1-26-18-10-6-9-15(21(18)27-2)12-22-16(11-14-7-4-3-5-8-14)19(24)20(25)17(22)13-23/h3-10,16-17,19-20,23-25H,11-13H2,1-2H3/t16-,17+,19-,20+/m0/s1. The topological polar surface area (TPSA) is 82.4 Å². The van der Waals surface area contributed by atoms with Crippen LogP contribution < -0.4 is 9.47 Å². The number of hydrogen-bond donors (Lipinski definition) is 3. The SMILES string of the molecule is COc1cccc(CN2[C@H](CO)[C@@H](O)[C@@H](O)[C@@H]2Cc2ccccc2)c1OC. The fraction of sp³-hybridized carbons (Fsp3) is 0.429. The smallest absolute Gasteiger partial charge is 0.165 e. The van der Waals surface area contributed by atoms with Crippen LogP contribution in [0.1, 0.15) is 11.1 Å². The Balaban J connectivity index is 1.92. The Morgan fingerprint density at radius 1 is 0.889 bits per heavy atom. The van der Waals surface area contributed by atoms with E-state index in [-0.39, 0.29) is 12.6 Å². The molecular formula is C21H27NO5. The number of para-hydroxylation sites is 1. The summed E-state index contributed by atoms with van der Waals surface area (Å²) in [6.07, 6.45) is -1.39. The highest BCUT2D eigenvalue weighted by molar-refractivity contribution is 5.46. The molecule has 0 aliphatic carbocycles. The summed E-state index contributed by atoms with van der Waals surface area (Å²) >= 11 is 0. The predicted molar refractivity (Wildman–Crippen MR) is 102 cm³/mol. The van der Waals surface area contributed by atoms with Crippen molar-refractivity contribution in [1.29, 1.82) is 0 Å². The van der Waals surface area contributed by atoms with E-state index in [1.807, 2.05) is 53.4 Å². The molecule has 2 aromatic carbocycles. The predicted octanol–water partition coefficient (Wildman–Crippen LogP) is 1.21. The lowest BCUT2D eigenvalue weighted by Crippen LogP contribution is -2.41. The Bertz CT molecular complexity index is 739. The number of ether oxygens (including phenoxy) is 2. The van der Waals surface area contributed by atoms with Crippen molar-refractivity contribution in [2.45, 2.75) is 37.3 Å². The van der Waals surface area contributed by atoms with E-state index in [4.69, 9.17) is 9.47 Å². The Kier molecular flexibility index (Phi) is 6.34. The summed E-state index contributed by atoms with van der Waals surface area (Å²) in [5.74, 6) is 1.24. The summed E-state index contributed by atoms with van der Waals surface area (Å²) < 4.78 is 10.9. The summed E-state index contributed by atoms with van der Waals surface area (Å²) in [4.78, 5) is 1.96. The first-order valence-corrected chi connectivity index (χ1v) is 9.07. The van der Waals surface area contributed by atoms with E-state index in [1.165, 1.54) is 0 Å². The molecule has 0 bridgehead atoms. The number of methoxy groups -OCH3 is 2. The molecule has 0 radical (unpaired) electrons. The normalized spacial score (nSPS) is 25.5. The summed E-state index contributed by atoms with van der Waals surface area (Å²) in [6.45, 7) is 0.174. The highest BCUT2D eigenvalue weighted by atomic mass is 16.5. The maximum absolute atomic E-state index is 10.6. The van der Waals surface area contributed by atoms with Crippen LogP contribution in [0.5, 0.6) is 11.5 Å². The van der Waals surface area contributed by atoms with E-state index >= 15 is 0 Å². The first-order chi connectivity index (χ1) is 13.1. The van der Waals surface area contributed by atoms with Gasteiger partial charge in [0.15, 0.2) is 11.5 Å². The number of benzene rings is 2. The van der Waals surface area contributed by atoms with Gasteiger partial charge in [0.25, 0.3) is 0 Å². The molecule has 1 fully saturated rings. The molecule has 1 aliphatic rings. The third-order valence-corrected chi connectivity index (χ3v) is 5.30. The summed E-state index contributed by atoms with van der Waals surface area (Å²) in [5, 5.41) is 31.0. The molecule has 1 heterocycles. The summed E-state index contributed by atoms with van der Waals surface area (Å²) in [6, 6.07) is 14.6. The Morgan fingerprint density at radius 2 is 1.59 bits per heavy atom. The molecule has 3 rings (SSSR count). The van der Waals surface area contributed by atoms with Gasteiger partial charge in [-0.1, -0.05) is 42.5 Å². The minimum Gasteiger partial charge on any atom is -0.493 e. The van der Waals surface area contributed by atoms with Gasteiger partial charge in [0.2, 0.25) is 0 Å². The van der Waals surface area contributed by atoms with Crippen LogP contribution in [0.15, 0.2) is 48.5 Å². The van der Waals surface area contributed by atoms with Crippen molar-refractivity contribution in [2.75, 3.05) is 20.8 Å². The van der Waals surface area contributed by atoms with E-state index in [0.29, 0.717) is 24.5 Å². The zero-order valence-corrected chi connectivity index (χ0v) is 15.7. The van der Waals surface area contributed by atoms with Gasteiger partial charge in [-0.25, -0.2) is 0 Å². The summed E-state index contributed by atoms with van der Waals surface area (Å²) in [7, 11) is 3.17. The molecule has 1 saturated heterocycles. The maximum atomic E-state index is 10.6. The van der Waals surface area contributed by atoms with Crippen molar-refractivity contribution < 1.29 is 24.8 Å². The summed E-state index contributed by atoms with van der Waals surface area (Å²) in [5.41, 5.74) is 1.93.